The summed E-state index contributed by atoms with van der Waals surface area (Å²) >= 11 is 4.84. The summed E-state index contributed by atoms with van der Waals surface area (Å²) in [5.41, 5.74) is 1.36. The molecule has 7 heteroatoms. The summed E-state index contributed by atoms with van der Waals surface area (Å²) in [5.74, 6) is 1.29. The largest absolute Gasteiger partial charge is 0.494 e. The van der Waals surface area contributed by atoms with Crippen molar-refractivity contribution in [2.75, 3.05) is 18.5 Å². The second kappa shape index (κ2) is 7.84. The lowest BCUT2D eigenvalue weighted by Crippen LogP contribution is -2.11. The number of rotatable bonds is 6. The minimum Gasteiger partial charge on any atom is -0.494 e. The minimum atomic E-state index is -0.215. The van der Waals surface area contributed by atoms with Gasteiger partial charge in [-0.15, -0.1) is 0 Å². The molecule has 0 fully saturated rings. The normalized spacial score (nSPS) is 10.7. The fourth-order valence-electron chi connectivity index (χ4n) is 2.30. The van der Waals surface area contributed by atoms with Crippen molar-refractivity contribution in [2.24, 2.45) is 0 Å². The number of hydrogen-bond acceptors (Lipinski definition) is 5. The minimum absolute atomic E-state index is 0.215. The number of halogens is 1. The maximum Gasteiger partial charge on any atom is 0.257 e. The first-order chi connectivity index (χ1) is 12.1. The third-order valence-electron chi connectivity index (χ3n) is 3.39. The van der Waals surface area contributed by atoms with Gasteiger partial charge in [0.05, 0.1) is 27.9 Å². The highest BCUT2D eigenvalue weighted by molar-refractivity contribution is 9.10. The van der Waals surface area contributed by atoms with Gasteiger partial charge in [0.2, 0.25) is 0 Å². The third kappa shape index (κ3) is 4.11. The highest BCUT2D eigenvalue weighted by Crippen LogP contribution is 2.30. The molecule has 0 aliphatic rings. The zero-order valence-corrected chi connectivity index (χ0v) is 16.2. The summed E-state index contributed by atoms with van der Waals surface area (Å²) in [6.07, 6.45) is 0. The number of ether oxygens (including phenoxy) is 2. The number of fused-ring (bicyclic) bond motifs is 1. The van der Waals surface area contributed by atoms with E-state index in [1.807, 2.05) is 32.0 Å². The van der Waals surface area contributed by atoms with Gasteiger partial charge in [-0.05, 0) is 66.2 Å². The molecular weight excluding hydrogens is 404 g/mol. The molecule has 0 spiro atoms. The topological polar surface area (TPSA) is 60.5 Å². The Morgan fingerprint density at radius 2 is 1.96 bits per heavy atom. The summed E-state index contributed by atoms with van der Waals surface area (Å²) in [6.45, 7) is 5.04. The second-order valence-corrected chi connectivity index (χ2v) is 7.00. The van der Waals surface area contributed by atoms with Crippen LogP contribution in [0.1, 0.15) is 24.2 Å². The lowest BCUT2D eigenvalue weighted by atomic mass is 10.2. The van der Waals surface area contributed by atoms with Crippen molar-refractivity contribution in [3.8, 4) is 11.5 Å². The Hall–Kier alpha value is -2.12. The van der Waals surface area contributed by atoms with Crippen LogP contribution in [0.15, 0.2) is 40.9 Å². The summed E-state index contributed by atoms with van der Waals surface area (Å²) < 4.78 is 12.7. The van der Waals surface area contributed by atoms with Gasteiger partial charge in [-0.1, -0.05) is 11.3 Å². The summed E-state index contributed by atoms with van der Waals surface area (Å²) in [7, 11) is 0. The van der Waals surface area contributed by atoms with Crippen LogP contribution in [0.5, 0.6) is 11.5 Å². The molecule has 2 aromatic carbocycles. The van der Waals surface area contributed by atoms with Crippen LogP contribution in [0.2, 0.25) is 0 Å². The average Bonchev–Trinajstić information content (AvgIpc) is 2.98. The Kier molecular flexibility index (Phi) is 5.55. The van der Waals surface area contributed by atoms with Crippen molar-refractivity contribution < 1.29 is 14.3 Å². The Balaban J connectivity index is 1.78. The molecule has 0 saturated heterocycles. The fraction of sp³-hybridized carbons (Fsp3) is 0.222. The molecule has 3 aromatic rings. The Morgan fingerprint density at radius 3 is 2.68 bits per heavy atom. The van der Waals surface area contributed by atoms with Gasteiger partial charge in [-0.3, -0.25) is 10.1 Å². The van der Waals surface area contributed by atoms with Gasteiger partial charge in [-0.2, -0.15) is 0 Å². The first-order valence-electron chi connectivity index (χ1n) is 7.87. The van der Waals surface area contributed by atoms with Crippen molar-refractivity contribution >= 4 is 48.5 Å². The van der Waals surface area contributed by atoms with E-state index >= 15 is 0 Å². The van der Waals surface area contributed by atoms with Crippen LogP contribution in [0, 0.1) is 0 Å². The van der Waals surface area contributed by atoms with E-state index in [2.05, 4.69) is 26.2 Å². The van der Waals surface area contributed by atoms with Gasteiger partial charge >= 0.3 is 0 Å². The van der Waals surface area contributed by atoms with Crippen molar-refractivity contribution in [3.63, 3.8) is 0 Å². The summed E-state index contributed by atoms with van der Waals surface area (Å²) in [5, 5.41) is 3.40. The van der Waals surface area contributed by atoms with E-state index < -0.39 is 0 Å². The molecule has 1 aromatic heterocycles. The van der Waals surface area contributed by atoms with Crippen LogP contribution >= 0.6 is 27.3 Å². The number of nitrogens with zero attached hydrogens (tertiary/aromatic N) is 1. The Bertz CT molecular complexity index is 910. The quantitative estimate of drug-likeness (QED) is 0.601. The van der Waals surface area contributed by atoms with Gasteiger partial charge in [-0.25, -0.2) is 4.98 Å². The number of benzene rings is 2. The first kappa shape index (κ1) is 17.7. The lowest BCUT2D eigenvalue weighted by molar-refractivity contribution is 0.102. The second-order valence-electron chi connectivity index (χ2n) is 5.11. The molecule has 0 atom stereocenters. The Morgan fingerprint density at radius 1 is 1.16 bits per heavy atom. The predicted octanol–water partition coefficient (Wildman–Crippen LogP) is 5.11. The predicted molar refractivity (Wildman–Crippen MR) is 104 cm³/mol. The van der Waals surface area contributed by atoms with E-state index in [-0.39, 0.29) is 5.91 Å². The van der Waals surface area contributed by atoms with E-state index in [0.29, 0.717) is 29.7 Å². The van der Waals surface area contributed by atoms with E-state index in [1.54, 1.807) is 18.2 Å². The van der Waals surface area contributed by atoms with E-state index in [0.717, 1.165) is 20.4 Å². The molecule has 0 saturated carbocycles. The van der Waals surface area contributed by atoms with Crippen molar-refractivity contribution in [1.29, 1.82) is 0 Å². The average molecular weight is 421 g/mol. The molecule has 0 aliphatic heterocycles. The summed E-state index contributed by atoms with van der Waals surface area (Å²) in [6, 6.07) is 10.9. The standard InChI is InChI=1S/C18H17BrN2O3S/c1-3-23-12-6-7-14-16(10-12)25-18(20-14)21-17(22)11-5-8-15(24-4-2)13(19)9-11/h5-10H,3-4H2,1-2H3,(H,20,21,22). The number of anilines is 1. The molecule has 1 heterocycles. The molecule has 5 nitrogen and oxygen atoms in total. The molecule has 0 unspecified atom stereocenters. The zero-order chi connectivity index (χ0) is 17.8. The van der Waals surface area contributed by atoms with Crippen LogP contribution in [-0.4, -0.2) is 24.1 Å². The van der Waals surface area contributed by atoms with Crippen molar-refractivity contribution in [3.05, 3.63) is 46.4 Å². The number of aromatic nitrogens is 1. The van der Waals surface area contributed by atoms with Crippen LogP contribution in [-0.2, 0) is 0 Å². The first-order valence-corrected chi connectivity index (χ1v) is 9.48. The fourth-order valence-corrected chi connectivity index (χ4v) is 3.68. The Labute approximate surface area is 158 Å². The van der Waals surface area contributed by atoms with Crippen LogP contribution in [0.4, 0.5) is 5.13 Å². The maximum atomic E-state index is 12.5. The number of thiazole rings is 1. The molecule has 0 aliphatic carbocycles. The van der Waals surface area contributed by atoms with Crippen LogP contribution in [0.3, 0.4) is 0 Å². The molecular formula is C18H17BrN2O3S. The smallest absolute Gasteiger partial charge is 0.257 e. The highest BCUT2D eigenvalue weighted by Gasteiger charge is 2.12. The SMILES string of the molecule is CCOc1ccc2nc(NC(=O)c3ccc(OCC)c(Br)c3)sc2c1. The number of amides is 1. The van der Waals surface area contributed by atoms with Gasteiger partial charge in [0, 0.05) is 5.56 Å². The number of carbonyl (C=O) groups is 1. The zero-order valence-electron chi connectivity index (χ0n) is 13.8. The molecule has 0 bridgehead atoms. The van der Waals surface area contributed by atoms with Crippen molar-refractivity contribution in [2.45, 2.75) is 13.8 Å². The molecule has 1 N–H and O–H groups in total. The van der Waals surface area contributed by atoms with E-state index in [1.165, 1.54) is 11.3 Å². The number of hydrogen-bond donors (Lipinski definition) is 1. The van der Waals surface area contributed by atoms with Crippen LogP contribution < -0.4 is 14.8 Å². The molecule has 3 rings (SSSR count). The molecule has 25 heavy (non-hydrogen) atoms. The number of carbonyl (C=O) groups excluding carboxylic acids is 1. The van der Waals surface area contributed by atoms with Crippen LogP contribution in [0.25, 0.3) is 10.2 Å². The molecule has 0 radical (unpaired) electrons. The summed E-state index contributed by atoms with van der Waals surface area (Å²) in [4.78, 5) is 16.9. The van der Waals surface area contributed by atoms with E-state index in [4.69, 9.17) is 9.47 Å². The molecule has 130 valence electrons. The molecule has 1 amide bonds. The van der Waals surface area contributed by atoms with Gasteiger partial charge in [0.15, 0.2) is 5.13 Å². The monoisotopic (exact) mass is 420 g/mol. The number of nitrogens with one attached hydrogen (secondary N) is 1. The maximum absolute atomic E-state index is 12.5. The van der Waals surface area contributed by atoms with Gasteiger partial charge in [0.25, 0.3) is 5.91 Å². The highest BCUT2D eigenvalue weighted by atomic mass is 79.9. The van der Waals surface area contributed by atoms with Crippen molar-refractivity contribution in [1.82, 2.24) is 4.98 Å². The van der Waals surface area contributed by atoms with Gasteiger partial charge < -0.3 is 9.47 Å². The van der Waals surface area contributed by atoms with Gasteiger partial charge in [0.1, 0.15) is 11.5 Å². The van der Waals surface area contributed by atoms with E-state index in [9.17, 15) is 4.79 Å². The third-order valence-corrected chi connectivity index (χ3v) is 4.94. The lowest BCUT2D eigenvalue weighted by Gasteiger charge is -2.07.